The lowest BCUT2D eigenvalue weighted by Gasteiger charge is -2.25. The van der Waals surface area contributed by atoms with Gasteiger partial charge in [0.2, 0.25) is 0 Å². The van der Waals surface area contributed by atoms with E-state index >= 15 is 0 Å². The Morgan fingerprint density at radius 2 is 1.81 bits per heavy atom. The van der Waals surface area contributed by atoms with E-state index in [4.69, 9.17) is 23.2 Å². The first-order valence-electron chi connectivity index (χ1n) is 8.61. The maximum atomic E-state index is 13.0. The first kappa shape index (κ1) is 17.9. The van der Waals surface area contributed by atoms with Crippen LogP contribution in [0.1, 0.15) is 17.2 Å². The Bertz CT molecular complexity index is 943. The standard InChI is InChI=1S/C20H17Cl2N3O2/c21-14-7-6-13(10-15(14)22)18-17-16(23-20(27)24-18)11-25(19(17)26)9-8-12-4-2-1-3-5-12/h1-7,10,18H,8-9,11H2,(H2,23,24,27)/t18-/m0/s1. The van der Waals surface area contributed by atoms with Gasteiger partial charge in [-0.25, -0.2) is 4.79 Å². The maximum absolute atomic E-state index is 13.0. The van der Waals surface area contributed by atoms with Gasteiger partial charge in [0.05, 0.1) is 33.9 Å². The minimum Gasteiger partial charge on any atom is -0.333 e. The lowest BCUT2D eigenvalue weighted by molar-refractivity contribution is -0.125. The molecule has 4 rings (SSSR count). The normalized spacial score (nSPS) is 19.0. The fraction of sp³-hybridized carbons (Fsp3) is 0.200. The van der Waals surface area contributed by atoms with Gasteiger partial charge in [-0.15, -0.1) is 0 Å². The zero-order chi connectivity index (χ0) is 19.0. The van der Waals surface area contributed by atoms with Crippen molar-refractivity contribution in [2.45, 2.75) is 12.5 Å². The molecular weight excluding hydrogens is 385 g/mol. The summed E-state index contributed by atoms with van der Waals surface area (Å²) in [5.74, 6) is -0.0792. The molecule has 0 fully saturated rings. The van der Waals surface area contributed by atoms with Crippen LogP contribution in [0.25, 0.3) is 0 Å². The van der Waals surface area contributed by atoms with Gasteiger partial charge in [-0.05, 0) is 29.7 Å². The Labute approximate surface area is 166 Å². The summed E-state index contributed by atoms with van der Waals surface area (Å²) < 4.78 is 0. The average molecular weight is 402 g/mol. The van der Waals surface area contributed by atoms with Crippen molar-refractivity contribution in [3.8, 4) is 0 Å². The van der Waals surface area contributed by atoms with E-state index in [1.54, 1.807) is 23.1 Å². The average Bonchev–Trinajstić information content (AvgIpc) is 2.98. The van der Waals surface area contributed by atoms with E-state index in [-0.39, 0.29) is 11.9 Å². The maximum Gasteiger partial charge on any atom is 0.319 e. The van der Waals surface area contributed by atoms with E-state index in [2.05, 4.69) is 10.6 Å². The minimum atomic E-state index is -0.544. The molecule has 0 radical (unpaired) electrons. The van der Waals surface area contributed by atoms with Crippen LogP contribution in [0.2, 0.25) is 10.0 Å². The number of carbonyl (C=O) groups excluding carboxylic acids is 2. The highest BCUT2D eigenvalue weighted by Crippen LogP contribution is 2.35. The lowest BCUT2D eigenvalue weighted by Crippen LogP contribution is -2.44. The third kappa shape index (κ3) is 3.53. The highest BCUT2D eigenvalue weighted by atomic mass is 35.5. The SMILES string of the molecule is O=C1NC2=C(C(=O)N(CCc3ccccc3)C2)[C@H](c2ccc(Cl)c(Cl)c2)N1. The largest absolute Gasteiger partial charge is 0.333 e. The molecule has 0 saturated heterocycles. The molecule has 2 aliphatic heterocycles. The molecule has 2 N–H and O–H groups in total. The van der Waals surface area contributed by atoms with E-state index in [9.17, 15) is 9.59 Å². The quantitative estimate of drug-likeness (QED) is 0.820. The molecule has 0 spiro atoms. The smallest absolute Gasteiger partial charge is 0.319 e. The van der Waals surface area contributed by atoms with E-state index in [1.807, 2.05) is 30.3 Å². The van der Waals surface area contributed by atoms with Crippen molar-refractivity contribution in [3.05, 3.63) is 81.0 Å². The number of carbonyl (C=O) groups is 2. The van der Waals surface area contributed by atoms with Gasteiger partial charge in [-0.2, -0.15) is 0 Å². The van der Waals surface area contributed by atoms with Gasteiger partial charge in [0.25, 0.3) is 5.91 Å². The summed E-state index contributed by atoms with van der Waals surface area (Å²) in [6.07, 6.45) is 0.756. The molecule has 2 aromatic carbocycles. The zero-order valence-corrected chi connectivity index (χ0v) is 15.8. The third-order valence-corrected chi connectivity index (χ3v) is 5.55. The van der Waals surface area contributed by atoms with Gasteiger partial charge >= 0.3 is 6.03 Å². The second kappa shape index (κ2) is 7.25. The first-order chi connectivity index (χ1) is 13.0. The van der Waals surface area contributed by atoms with Crippen molar-refractivity contribution in [2.24, 2.45) is 0 Å². The molecule has 138 valence electrons. The zero-order valence-electron chi connectivity index (χ0n) is 14.3. The Morgan fingerprint density at radius 1 is 1.04 bits per heavy atom. The molecule has 0 unspecified atom stereocenters. The summed E-state index contributed by atoms with van der Waals surface area (Å²) in [5, 5.41) is 6.40. The van der Waals surface area contributed by atoms with Crippen LogP contribution in [0, 0.1) is 0 Å². The number of nitrogens with zero attached hydrogens (tertiary/aromatic N) is 1. The van der Waals surface area contributed by atoms with Gasteiger partial charge in [-0.3, -0.25) is 4.79 Å². The molecule has 0 aromatic heterocycles. The van der Waals surface area contributed by atoms with Crippen LogP contribution in [-0.2, 0) is 11.2 Å². The number of urea groups is 1. The second-order valence-electron chi connectivity index (χ2n) is 6.56. The second-order valence-corrected chi connectivity index (χ2v) is 7.37. The Hall–Kier alpha value is -2.50. The first-order valence-corrected chi connectivity index (χ1v) is 9.37. The highest BCUT2D eigenvalue weighted by molar-refractivity contribution is 6.42. The summed E-state index contributed by atoms with van der Waals surface area (Å²) in [7, 11) is 0. The number of nitrogens with one attached hydrogen (secondary N) is 2. The Balaban J connectivity index is 1.57. The van der Waals surface area contributed by atoms with Gasteiger partial charge < -0.3 is 15.5 Å². The Morgan fingerprint density at radius 3 is 2.56 bits per heavy atom. The molecule has 3 amide bonds. The fourth-order valence-electron chi connectivity index (χ4n) is 3.46. The van der Waals surface area contributed by atoms with Gasteiger partial charge in [-0.1, -0.05) is 59.6 Å². The lowest BCUT2D eigenvalue weighted by atomic mass is 9.96. The van der Waals surface area contributed by atoms with Crippen LogP contribution >= 0.6 is 23.2 Å². The third-order valence-electron chi connectivity index (χ3n) is 4.81. The molecule has 2 aliphatic rings. The summed E-state index contributed by atoms with van der Waals surface area (Å²) in [5.41, 5.74) is 3.09. The number of benzene rings is 2. The summed E-state index contributed by atoms with van der Waals surface area (Å²) in [4.78, 5) is 26.9. The summed E-state index contributed by atoms with van der Waals surface area (Å²) in [6.45, 7) is 0.978. The fourth-order valence-corrected chi connectivity index (χ4v) is 3.77. The number of amides is 3. The van der Waals surface area contributed by atoms with Crippen molar-refractivity contribution in [1.82, 2.24) is 15.5 Å². The highest BCUT2D eigenvalue weighted by Gasteiger charge is 2.40. The van der Waals surface area contributed by atoms with Gasteiger partial charge in [0.15, 0.2) is 0 Å². The van der Waals surface area contributed by atoms with E-state index in [1.165, 1.54) is 5.56 Å². The van der Waals surface area contributed by atoms with Crippen molar-refractivity contribution in [2.75, 3.05) is 13.1 Å². The molecule has 0 aliphatic carbocycles. The molecule has 0 saturated carbocycles. The molecule has 27 heavy (non-hydrogen) atoms. The van der Waals surface area contributed by atoms with Crippen LogP contribution in [-0.4, -0.2) is 29.9 Å². The molecule has 5 nitrogen and oxygen atoms in total. The van der Waals surface area contributed by atoms with E-state index < -0.39 is 6.04 Å². The molecular formula is C20H17Cl2N3O2. The van der Waals surface area contributed by atoms with Crippen molar-refractivity contribution >= 4 is 35.1 Å². The molecule has 2 heterocycles. The molecule has 0 bridgehead atoms. The number of halogens is 2. The van der Waals surface area contributed by atoms with Gasteiger partial charge in [0, 0.05) is 6.54 Å². The van der Waals surface area contributed by atoms with Crippen molar-refractivity contribution in [3.63, 3.8) is 0 Å². The molecule has 1 atom stereocenters. The predicted molar refractivity (Wildman–Crippen MR) is 105 cm³/mol. The predicted octanol–water partition coefficient (Wildman–Crippen LogP) is 3.69. The summed E-state index contributed by atoms with van der Waals surface area (Å²) in [6, 6.07) is 14.3. The van der Waals surface area contributed by atoms with Crippen molar-refractivity contribution in [1.29, 1.82) is 0 Å². The molecule has 7 heteroatoms. The topological polar surface area (TPSA) is 61.4 Å². The van der Waals surface area contributed by atoms with Crippen LogP contribution in [0.15, 0.2) is 59.8 Å². The van der Waals surface area contributed by atoms with Crippen LogP contribution in [0.5, 0.6) is 0 Å². The summed E-state index contributed by atoms with van der Waals surface area (Å²) >= 11 is 12.1. The molecule has 2 aromatic rings. The Kier molecular flexibility index (Phi) is 4.81. The number of rotatable bonds is 4. The monoisotopic (exact) mass is 401 g/mol. The van der Waals surface area contributed by atoms with Gasteiger partial charge in [0.1, 0.15) is 0 Å². The van der Waals surface area contributed by atoms with E-state index in [0.717, 1.165) is 12.0 Å². The van der Waals surface area contributed by atoms with Crippen LogP contribution < -0.4 is 10.6 Å². The van der Waals surface area contributed by atoms with Crippen LogP contribution in [0.3, 0.4) is 0 Å². The number of hydrogen-bond donors (Lipinski definition) is 2. The van der Waals surface area contributed by atoms with Crippen LogP contribution in [0.4, 0.5) is 4.79 Å². The minimum absolute atomic E-state index is 0.0792. The number of hydrogen-bond acceptors (Lipinski definition) is 2. The van der Waals surface area contributed by atoms with Crippen molar-refractivity contribution < 1.29 is 9.59 Å². The van der Waals surface area contributed by atoms with E-state index in [0.29, 0.717) is 34.4 Å².